The average Bonchev–Trinajstić information content (AvgIpc) is 2.28. The van der Waals surface area contributed by atoms with Crippen LogP contribution in [0.25, 0.3) is 0 Å². The SMILES string of the molecule is COCC(=O)N1CCN(C(=O)CC(C)N)CC1. The van der Waals surface area contributed by atoms with Crippen molar-refractivity contribution in [1.29, 1.82) is 0 Å². The lowest BCUT2D eigenvalue weighted by atomic mass is 10.2. The van der Waals surface area contributed by atoms with Crippen molar-refractivity contribution in [3.63, 3.8) is 0 Å². The van der Waals surface area contributed by atoms with Crippen molar-refractivity contribution in [2.45, 2.75) is 19.4 Å². The highest BCUT2D eigenvalue weighted by Gasteiger charge is 2.23. The first-order valence-electron chi connectivity index (χ1n) is 5.84. The average molecular weight is 243 g/mol. The minimum Gasteiger partial charge on any atom is -0.375 e. The predicted molar refractivity (Wildman–Crippen MR) is 63.3 cm³/mol. The fourth-order valence-corrected chi connectivity index (χ4v) is 1.82. The summed E-state index contributed by atoms with van der Waals surface area (Å²) in [5.74, 6) is 0.0469. The monoisotopic (exact) mass is 243 g/mol. The van der Waals surface area contributed by atoms with Gasteiger partial charge in [-0.3, -0.25) is 9.59 Å². The van der Waals surface area contributed by atoms with Gasteiger partial charge in [-0.1, -0.05) is 0 Å². The summed E-state index contributed by atoms with van der Waals surface area (Å²) in [5, 5.41) is 0. The molecule has 1 rings (SSSR count). The maximum atomic E-state index is 11.7. The van der Waals surface area contributed by atoms with Crippen molar-refractivity contribution < 1.29 is 14.3 Å². The van der Waals surface area contributed by atoms with Gasteiger partial charge in [0.05, 0.1) is 0 Å². The number of carbonyl (C=O) groups is 2. The first kappa shape index (κ1) is 13.9. The molecule has 0 aromatic rings. The molecule has 0 aromatic carbocycles. The van der Waals surface area contributed by atoms with Gasteiger partial charge in [-0.15, -0.1) is 0 Å². The molecule has 1 atom stereocenters. The molecule has 0 aromatic heterocycles. The Morgan fingerprint density at radius 3 is 2.06 bits per heavy atom. The predicted octanol–water partition coefficient (Wildman–Crippen LogP) is -0.959. The summed E-state index contributed by atoms with van der Waals surface area (Å²) in [6.45, 7) is 4.24. The number of hydrogen-bond acceptors (Lipinski definition) is 4. The molecule has 1 aliphatic heterocycles. The summed E-state index contributed by atoms with van der Waals surface area (Å²) >= 11 is 0. The minimum absolute atomic E-state index is 0.0215. The van der Waals surface area contributed by atoms with Crippen LogP contribution in [0.1, 0.15) is 13.3 Å². The molecule has 0 saturated carbocycles. The molecule has 0 spiro atoms. The van der Waals surface area contributed by atoms with Gasteiger partial charge in [0.25, 0.3) is 0 Å². The molecule has 6 nitrogen and oxygen atoms in total. The topological polar surface area (TPSA) is 75.9 Å². The zero-order chi connectivity index (χ0) is 12.8. The Labute approximate surface area is 102 Å². The number of piperazine rings is 1. The third-order valence-corrected chi connectivity index (χ3v) is 2.75. The molecular formula is C11H21N3O3. The second kappa shape index (κ2) is 6.56. The standard InChI is InChI=1S/C11H21N3O3/c1-9(12)7-10(15)13-3-5-14(6-4-13)11(16)8-17-2/h9H,3-8,12H2,1-2H3. The van der Waals surface area contributed by atoms with Gasteiger partial charge in [0, 0.05) is 45.8 Å². The Balaban J connectivity index is 2.35. The molecule has 0 aliphatic carbocycles. The molecule has 98 valence electrons. The molecule has 1 aliphatic rings. The molecule has 17 heavy (non-hydrogen) atoms. The van der Waals surface area contributed by atoms with Crippen LogP contribution in [0.2, 0.25) is 0 Å². The smallest absolute Gasteiger partial charge is 0.248 e. The summed E-state index contributed by atoms with van der Waals surface area (Å²) < 4.78 is 4.80. The molecule has 1 heterocycles. The molecule has 0 radical (unpaired) electrons. The third-order valence-electron chi connectivity index (χ3n) is 2.75. The second-order valence-corrected chi connectivity index (χ2v) is 4.38. The van der Waals surface area contributed by atoms with E-state index in [1.54, 1.807) is 9.80 Å². The Bertz CT molecular complexity index is 273. The van der Waals surface area contributed by atoms with E-state index in [0.717, 1.165) is 0 Å². The van der Waals surface area contributed by atoms with E-state index >= 15 is 0 Å². The van der Waals surface area contributed by atoms with Gasteiger partial charge in [0.2, 0.25) is 11.8 Å². The largest absolute Gasteiger partial charge is 0.375 e. The van der Waals surface area contributed by atoms with Gasteiger partial charge in [-0.25, -0.2) is 0 Å². The van der Waals surface area contributed by atoms with Gasteiger partial charge in [-0.2, -0.15) is 0 Å². The lowest BCUT2D eigenvalue weighted by Gasteiger charge is -2.35. The van der Waals surface area contributed by atoms with Crippen LogP contribution in [0.4, 0.5) is 0 Å². The highest BCUT2D eigenvalue weighted by atomic mass is 16.5. The number of carbonyl (C=O) groups excluding carboxylic acids is 2. The second-order valence-electron chi connectivity index (χ2n) is 4.38. The molecule has 2 amide bonds. The maximum Gasteiger partial charge on any atom is 0.248 e. The van der Waals surface area contributed by atoms with Gasteiger partial charge in [0.1, 0.15) is 6.61 Å². The summed E-state index contributed by atoms with van der Waals surface area (Å²) in [7, 11) is 1.50. The van der Waals surface area contributed by atoms with E-state index in [9.17, 15) is 9.59 Å². The van der Waals surface area contributed by atoms with E-state index in [0.29, 0.717) is 32.6 Å². The van der Waals surface area contributed by atoms with Crippen molar-refractivity contribution in [3.8, 4) is 0 Å². The Morgan fingerprint density at radius 1 is 1.18 bits per heavy atom. The number of methoxy groups -OCH3 is 1. The van der Waals surface area contributed by atoms with Crippen LogP contribution in [-0.2, 0) is 14.3 Å². The van der Waals surface area contributed by atoms with Gasteiger partial charge < -0.3 is 20.3 Å². The zero-order valence-corrected chi connectivity index (χ0v) is 10.5. The van der Waals surface area contributed by atoms with Crippen LogP contribution in [0.3, 0.4) is 0 Å². The van der Waals surface area contributed by atoms with Crippen LogP contribution >= 0.6 is 0 Å². The van der Waals surface area contributed by atoms with Crippen molar-refractivity contribution in [2.24, 2.45) is 5.73 Å². The molecule has 1 fully saturated rings. The number of amides is 2. The lowest BCUT2D eigenvalue weighted by Crippen LogP contribution is -2.51. The number of rotatable bonds is 4. The van der Waals surface area contributed by atoms with E-state index in [-0.39, 0.29) is 24.5 Å². The summed E-state index contributed by atoms with van der Waals surface area (Å²) in [5.41, 5.74) is 5.59. The van der Waals surface area contributed by atoms with Crippen LogP contribution < -0.4 is 5.73 Å². The van der Waals surface area contributed by atoms with E-state index < -0.39 is 0 Å². The first-order valence-corrected chi connectivity index (χ1v) is 5.84. The maximum absolute atomic E-state index is 11.7. The van der Waals surface area contributed by atoms with Crippen molar-refractivity contribution in [1.82, 2.24) is 9.80 Å². The first-order chi connectivity index (χ1) is 8.04. The van der Waals surface area contributed by atoms with Crippen LogP contribution in [-0.4, -0.2) is 67.6 Å². The van der Waals surface area contributed by atoms with Gasteiger partial charge in [0.15, 0.2) is 0 Å². The fourth-order valence-electron chi connectivity index (χ4n) is 1.82. The molecule has 2 N–H and O–H groups in total. The minimum atomic E-state index is -0.115. The van der Waals surface area contributed by atoms with Crippen molar-refractivity contribution in [2.75, 3.05) is 39.9 Å². The van der Waals surface area contributed by atoms with Crippen molar-refractivity contribution in [3.05, 3.63) is 0 Å². The third kappa shape index (κ3) is 4.32. The normalized spacial score (nSPS) is 18.1. The number of nitrogens with zero attached hydrogens (tertiary/aromatic N) is 2. The molecule has 1 saturated heterocycles. The number of hydrogen-bond donors (Lipinski definition) is 1. The van der Waals surface area contributed by atoms with E-state index in [1.165, 1.54) is 7.11 Å². The Kier molecular flexibility index (Phi) is 5.37. The van der Waals surface area contributed by atoms with E-state index in [2.05, 4.69) is 0 Å². The van der Waals surface area contributed by atoms with Crippen molar-refractivity contribution >= 4 is 11.8 Å². The van der Waals surface area contributed by atoms with Crippen LogP contribution in [0, 0.1) is 0 Å². The fraction of sp³-hybridized carbons (Fsp3) is 0.818. The number of nitrogens with two attached hydrogens (primary N) is 1. The Morgan fingerprint density at radius 2 is 1.65 bits per heavy atom. The van der Waals surface area contributed by atoms with Crippen LogP contribution in [0.5, 0.6) is 0 Å². The summed E-state index contributed by atoms with van der Waals surface area (Å²) in [6, 6.07) is -0.115. The number of ether oxygens (including phenoxy) is 1. The zero-order valence-electron chi connectivity index (χ0n) is 10.5. The summed E-state index contributed by atoms with van der Waals surface area (Å²) in [4.78, 5) is 26.7. The Hall–Kier alpha value is -1.14. The van der Waals surface area contributed by atoms with E-state index in [1.807, 2.05) is 6.92 Å². The van der Waals surface area contributed by atoms with Crippen LogP contribution in [0.15, 0.2) is 0 Å². The highest BCUT2D eigenvalue weighted by Crippen LogP contribution is 2.05. The van der Waals surface area contributed by atoms with Gasteiger partial charge in [-0.05, 0) is 6.92 Å². The molecule has 1 unspecified atom stereocenters. The summed E-state index contributed by atoms with van der Waals surface area (Å²) in [6.07, 6.45) is 0.367. The highest BCUT2D eigenvalue weighted by molar-refractivity contribution is 5.79. The molecular weight excluding hydrogens is 222 g/mol. The quantitative estimate of drug-likeness (QED) is 0.690. The van der Waals surface area contributed by atoms with E-state index in [4.69, 9.17) is 10.5 Å². The lowest BCUT2D eigenvalue weighted by molar-refractivity contribution is -0.141. The molecule has 0 bridgehead atoms. The van der Waals surface area contributed by atoms with Gasteiger partial charge >= 0.3 is 0 Å². The molecule has 6 heteroatoms.